The maximum Gasteiger partial charge on any atom is 0.329 e. The maximum absolute atomic E-state index is 13.8. The summed E-state index contributed by atoms with van der Waals surface area (Å²) in [6, 6.07) is 3.40. The van der Waals surface area contributed by atoms with E-state index in [2.05, 4.69) is 10.3 Å². The lowest BCUT2D eigenvalue weighted by Gasteiger charge is -2.33. The number of aromatic nitrogens is 1. The Kier molecular flexibility index (Phi) is 4.76. The molecule has 28 heavy (non-hydrogen) atoms. The Hall–Kier alpha value is -2.58. The standard InChI is InChI=1S/C19H15ClFN3O3S/c1-9-3-4-22-8-14(9)24-18(25)17-13(23-19(24)26)7-16(28-17)10-5-15(27-2)12(21)6-11(10)20/h3-8,13,17H,1-2H3,(H,23,26). The minimum atomic E-state index is -0.570. The molecule has 0 spiro atoms. The Labute approximate surface area is 169 Å². The minimum absolute atomic E-state index is 0.0544. The van der Waals surface area contributed by atoms with Crippen LogP contribution in [0, 0.1) is 12.7 Å². The van der Waals surface area contributed by atoms with Crippen molar-refractivity contribution in [2.45, 2.75) is 18.2 Å². The zero-order valence-corrected chi connectivity index (χ0v) is 16.5. The summed E-state index contributed by atoms with van der Waals surface area (Å²) in [7, 11) is 1.36. The zero-order valence-electron chi connectivity index (χ0n) is 14.9. The number of halogens is 2. The number of pyridine rings is 1. The fourth-order valence-corrected chi connectivity index (χ4v) is 4.80. The SMILES string of the molecule is COc1cc(C2=CC3NC(=O)N(c4cnccc4C)C(=O)C3S2)c(Cl)cc1F. The highest BCUT2D eigenvalue weighted by Gasteiger charge is 2.45. The maximum atomic E-state index is 13.8. The van der Waals surface area contributed by atoms with Gasteiger partial charge in [-0.15, -0.1) is 11.8 Å². The molecule has 0 aliphatic carbocycles. The quantitative estimate of drug-likeness (QED) is 0.819. The van der Waals surface area contributed by atoms with E-state index in [0.717, 1.165) is 10.5 Å². The van der Waals surface area contributed by atoms with Gasteiger partial charge in [-0.25, -0.2) is 14.1 Å². The average molecular weight is 420 g/mol. The number of anilines is 1. The Balaban J connectivity index is 1.67. The highest BCUT2D eigenvalue weighted by molar-refractivity contribution is 8.09. The van der Waals surface area contributed by atoms with Crippen molar-refractivity contribution >= 4 is 45.9 Å². The first-order valence-electron chi connectivity index (χ1n) is 8.37. The van der Waals surface area contributed by atoms with Crippen molar-refractivity contribution in [3.63, 3.8) is 0 Å². The van der Waals surface area contributed by atoms with Gasteiger partial charge < -0.3 is 10.1 Å². The minimum Gasteiger partial charge on any atom is -0.494 e. The number of fused-ring (bicyclic) bond motifs is 1. The normalized spacial score (nSPS) is 21.3. The highest BCUT2D eigenvalue weighted by atomic mass is 35.5. The predicted molar refractivity (Wildman–Crippen MR) is 106 cm³/mol. The van der Waals surface area contributed by atoms with Gasteiger partial charge in [-0.3, -0.25) is 9.78 Å². The van der Waals surface area contributed by atoms with Gasteiger partial charge >= 0.3 is 6.03 Å². The number of methoxy groups -OCH3 is 1. The van der Waals surface area contributed by atoms with Gasteiger partial charge in [0.2, 0.25) is 0 Å². The molecule has 0 bridgehead atoms. The smallest absolute Gasteiger partial charge is 0.329 e. The summed E-state index contributed by atoms with van der Waals surface area (Å²) in [5, 5.41) is 2.48. The number of nitrogens with one attached hydrogen (secondary N) is 1. The molecule has 1 aromatic carbocycles. The van der Waals surface area contributed by atoms with Crippen molar-refractivity contribution in [2.24, 2.45) is 0 Å². The molecule has 1 N–H and O–H groups in total. The monoisotopic (exact) mass is 419 g/mol. The first-order valence-corrected chi connectivity index (χ1v) is 9.63. The molecule has 6 nitrogen and oxygen atoms in total. The van der Waals surface area contributed by atoms with Crippen LogP contribution in [0.25, 0.3) is 4.91 Å². The molecule has 144 valence electrons. The number of aryl methyl sites for hydroxylation is 1. The molecule has 4 rings (SSSR count). The number of rotatable bonds is 3. The number of thioether (sulfide) groups is 1. The Morgan fingerprint density at radius 1 is 1.36 bits per heavy atom. The predicted octanol–water partition coefficient (Wildman–Crippen LogP) is 3.77. The number of hydrogen-bond donors (Lipinski definition) is 1. The summed E-state index contributed by atoms with van der Waals surface area (Å²) < 4.78 is 18.9. The van der Waals surface area contributed by atoms with Crippen molar-refractivity contribution in [1.82, 2.24) is 10.3 Å². The molecule has 0 radical (unpaired) electrons. The Morgan fingerprint density at radius 3 is 2.86 bits per heavy atom. The van der Waals surface area contributed by atoms with E-state index in [1.54, 1.807) is 25.3 Å². The van der Waals surface area contributed by atoms with Crippen molar-refractivity contribution in [2.75, 3.05) is 12.0 Å². The van der Waals surface area contributed by atoms with Crippen LogP contribution in [0.2, 0.25) is 5.02 Å². The number of amides is 3. The number of benzene rings is 1. The van der Waals surface area contributed by atoms with Gasteiger partial charge in [0, 0.05) is 16.7 Å². The number of carbonyl (C=O) groups excluding carboxylic acids is 2. The first-order chi connectivity index (χ1) is 13.4. The highest BCUT2D eigenvalue weighted by Crippen LogP contribution is 2.45. The molecule has 2 atom stereocenters. The van der Waals surface area contributed by atoms with Gasteiger partial charge in [-0.1, -0.05) is 11.6 Å². The summed E-state index contributed by atoms with van der Waals surface area (Å²) in [4.78, 5) is 31.5. The second-order valence-corrected chi connectivity index (χ2v) is 7.94. The molecule has 2 aromatic rings. The van der Waals surface area contributed by atoms with Crippen LogP contribution in [0.5, 0.6) is 5.75 Å². The lowest BCUT2D eigenvalue weighted by Crippen LogP contribution is -2.60. The second kappa shape index (κ2) is 7.10. The van der Waals surface area contributed by atoms with E-state index in [0.29, 0.717) is 16.2 Å². The van der Waals surface area contributed by atoms with E-state index in [-0.39, 0.29) is 16.7 Å². The number of urea groups is 1. The zero-order chi connectivity index (χ0) is 20.0. The Morgan fingerprint density at radius 2 is 2.14 bits per heavy atom. The molecule has 1 saturated heterocycles. The lowest BCUT2D eigenvalue weighted by molar-refractivity contribution is -0.118. The summed E-state index contributed by atoms with van der Waals surface area (Å²) in [6.07, 6.45) is 4.85. The van der Waals surface area contributed by atoms with Crippen LogP contribution in [-0.4, -0.2) is 35.3 Å². The summed E-state index contributed by atoms with van der Waals surface area (Å²) in [5.74, 6) is -0.857. The van der Waals surface area contributed by atoms with Crippen LogP contribution in [-0.2, 0) is 4.79 Å². The van der Waals surface area contributed by atoms with Crippen molar-refractivity contribution < 1.29 is 18.7 Å². The van der Waals surface area contributed by atoms with E-state index in [4.69, 9.17) is 16.3 Å². The van der Waals surface area contributed by atoms with Gasteiger partial charge in [-0.2, -0.15) is 0 Å². The molecule has 3 amide bonds. The first kappa shape index (κ1) is 18.8. The van der Waals surface area contributed by atoms with E-state index < -0.39 is 23.1 Å². The number of imide groups is 1. The third kappa shape index (κ3) is 3.02. The lowest BCUT2D eigenvalue weighted by atomic mass is 10.1. The van der Waals surface area contributed by atoms with Gasteiger partial charge in [0.25, 0.3) is 5.91 Å². The molecule has 3 heterocycles. The van der Waals surface area contributed by atoms with Crippen molar-refractivity contribution in [3.05, 3.63) is 58.6 Å². The molecule has 1 aromatic heterocycles. The molecule has 2 aliphatic heterocycles. The van der Waals surface area contributed by atoms with Crippen LogP contribution in [0.1, 0.15) is 11.1 Å². The van der Waals surface area contributed by atoms with E-state index in [1.165, 1.54) is 37.2 Å². The van der Waals surface area contributed by atoms with Gasteiger partial charge in [0.15, 0.2) is 11.6 Å². The number of hydrogen-bond acceptors (Lipinski definition) is 5. The molecule has 2 unspecified atom stereocenters. The van der Waals surface area contributed by atoms with Gasteiger partial charge in [0.1, 0.15) is 5.25 Å². The van der Waals surface area contributed by atoms with Crippen LogP contribution in [0.4, 0.5) is 14.9 Å². The number of ether oxygens (including phenoxy) is 1. The third-order valence-corrected chi connectivity index (χ3v) is 6.30. The van der Waals surface area contributed by atoms with Crippen molar-refractivity contribution in [3.8, 4) is 5.75 Å². The van der Waals surface area contributed by atoms with E-state index in [9.17, 15) is 14.0 Å². The molecular formula is C19H15ClFN3O3S. The molecule has 9 heteroatoms. The van der Waals surface area contributed by atoms with Crippen LogP contribution < -0.4 is 15.0 Å². The number of carbonyl (C=O) groups is 2. The topological polar surface area (TPSA) is 71.5 Å². The van der Waals surface area contributed by atoms with Crippen LogP contribution in [0.3, 0.4) is 0 Å². The van der Waals surface area contributed by atoms with E-state index in [1.807, 2.05) is 0 Å². The fraction of sp³-hybridized carbons (Fsp3) is 0.211. The fourth-order valence-electron chi connectivity index (χ4n) is 3.20. The van der Waals surface area contributed by atoms with Crippen molar-refractivity contribution in [1.29, 1.82) is 0 Å². The summed E-state index contributed by atoms with van der Waals surface area (Å²) in [5.41, 5.74) is 1.75. The Bertz CT molecular complexity index is 1030. The molecular weight excluding hydrogens is 405 g/mol. The number of nitrogens with zero attached hydrogens (tertiary/aromatic N) is 2. The molecule has 1 fully saturated rings. The third-order valence-electron chi connectivity index (χ3n) is 4.63. The van der Waals surface area contributed by atoms with E-state index >= 15 is 0 Å². The summed E-state index contributed by atoms with van der Waals surface area (Å²) in [6.45, 7) is 1.81. The largest absolute Gasteiger partial charge is 0.494 e. The van der Waals surface area contributed by atoms with Crippen LogP contribution >= 0.6 is 23.4 Å². The van der Waals surface area contributed by atoms with Gasteiger partial charge in [-0.05, 0) is 36.8 Å². The molecule has 2 aliphatic rings. The summed E-state index contributed by atoms with van der Waals surface area (Å²) >= 11 is 7.48. The average Bonchev–Trinajstić information content (AvgIpc) is 3.07. The van der Waals surface area contributed by atoms with Gasteiger partial charge in [0.05, 0.1) is 30.1 Å². The molecule has 0 saturated carbocycles. The van der Waals surface area contributed by atoms with Crippen LogP contribution in [0.15, 0.2) is 36.7 Å². The second-order valence-electron chi connectivity index (χ2n) is 6.35.